The minimum atomic E-state index is 0.0176. The summed E-state index contributed by atoms with van der Waals surface area (Å²) in [6, 6.07) is 5.43. The van der Waals surface area contributed by atoms with Crippen LogP contribution in [-0.4, -0.2) is 5.11 Å². The van der Waals surface area contributed by atoms with Crippen LogP contribution in [0.3, 0.4) is 0 Å². The molecule has 0 saturated heterocycles. The third-order valence-electron chi connectivity index (χ3n) is 1.84. The number of halogens is 1. The van der Waals surface area contributed by atoms with Crippen LogP contribution in [0.15, 0.2) is 22.7 Å². The molecule has 1 atom stereocenters. The highest BCUT2D eigenvalue weighted by Crippen LogP contribution is 2.27. The number of phenols is 1. The van der Waals surface area contributed by atoms with Crippen LogP contribution in [-0.2, 0) is 0 Å². The first-order chi connectivity index (χ1) is 5.65. The molecule has 0 aliphatic rings. The Hall–Kier alpha value is -0.540. The number of benzene rings is 1. The van der Waals surface area contributed by atoms with Gasteiger partial charge >= 0.3 is 0 Å². The molecular formula is C9H12BrNO. The number of rotatable bonds is 2. The van der Waals surface area contributed by atoms with Gasteiger partial charge in [0.25, 0.3) is 0 Å². The van der Waals surface area contributed by atoms with E-state index in [1.807, 2.05) is 13.0 Å². The van der Waals surface area contributed by atoms with Gasteiger partial charge in [-0.1, -0.05) is 13.0 Å². The summed E-state index contributed by atoms with van der Waals surface area (Å²) in [7, 11) is 0. The standard InChI is InChI=1S/C9H12BrNO/c1-2-8(11)6-3-4-7(10)9(12)5-6/h3-5,8,12H,2,11H2,1H3/t8-/m1/s1. The molecule has 3 N–H and O–H groups in total. The molecule has 0 aliphatic carbocycles. The predicted molar refractivity (Wildman–Crippen MR) is 53.0 cm³/mol. The van der Waals surface area contributed by atoms with E-state index in [-0.39, 0.29) is 11.8 Å². The zero-order valence-electron chi connectivity index (χ0n) is 6.92. The van der Waals surface area contributed by atoms with E-state index in [0.717, 1.165) is 12.0 Å². The predicted octanol–water partition coefficient (Wildman–Crippen LogP) is 2.56. The van der Waals surface area contributed by atoms with Crippen molar-refractivity contribution < 1.29 is 5.11 Å². The van der Waals surface area contributed by atoms with Gasteiger partial charge in [0.05, 0.1) is 4.47 Å². The lowest BCUT2D eigenvalue weighted by Gasteiger charge is -2.09. The highest BCUT2D eigenvalue weighted by Gasteiger charge is 2.05. The third kappa shape index (κ3) is 1.99. The maximum atomic E-state index is 9.34. The zero-order valence-corrected chi connectivity index (χ0v) is 8.51. The van der Waals surface area contributed by atoms with Gasteiger partial charge in [0.15, 0.2) is 0 Å². The first-order valence-electron chi connectivity index (χ1n) is 3.89. The topological polar surface area (TPSA) is 46.2 Å². The second kappa shape index (κ2) is 3.92. The summed E-state index contributed by atoms with van der Waals surface area (Å²) in [6.45, 7) is 2.02. The summed E-state index contributed by atoms with van der Waals surface area (Å²) in [6.07, 6.45) is 0.876. The molecule has 12 heavy (non-hydrogen) atoms. The van der Waals surface area contributed by atoms with E-state index in [1.165, 1.54) is 0 Å². The second-order valence-corrected chi connectivity index (χ2v) is 3.58. The Kier molecular flexibility index (Phi) is 3.12. The Bertz CT molecular complexity index is 275. The van der Waals surface area contributed by atoms with Crippen molar-refractivity contribution in [3.63, 3.8) is 0 Å². The molecule has 0 saturated carbocycles. The van der Waals surface area contributed by atoms with Crippen LogP contribution in [0.2, 0.25) is 0 Å². The van der Waals surface area contributed by atoms with E-state index in [2.05, 4.69) is 15.9 Å². The monoisotopic (exact) mass is 229 g/mol. The highest BCUT2D eigenvalue weighted by molar-refractivity contribution is 9.10. The van der Waals surface area contributed by atoms with Crippen molar-refractivity contribution in [1.82, 2.24) is 0 Å². The van der Waals surface area contributed by atoms with Crippen molar-refractivity contribution in [2.45, 2.75) is 19.4 Å². The van der Waals surface area contributed by atoms with Crippen molar-refractivity contribution in [3.8, 4) is 5.75 Å². The lowest BCUT2D eigenvalue weighted by molar-refractivity contribution is 0.470. The maximum Gasteiger partial charge on any atom is 0.130 e. The van der Waals surface area contributed by atoms with Gasteiger partial charge in [-0.15, -0.1) is 0 Å². The quantitative estimate of drug-likeness (QED) is 0.820. The van der Waals surface area contributed by atoms with Gasteiger partial charge in [-0.3, -0.25) is 0 Å². The Morgan fingerprint density at radius 2 is 2.25 bits per heavy atom. The van der Waals surface area contributed by atoms with Crippen LogP contribution in [0.1, 0.15) is 24.9 Å². The van der Waals surface area contributed by atoms with Gasteiger partial charge in [0.1, 0.15) is 5.75 Å². The van der Waals surface area contributed by atoms with E-state index >= 15 is 0 Å². The molecule has 0 aliphatic heterocycles. The third-order valence-corrected chi connectivity index (χ3v) is 2.51. The summed E-state index contributed by atoms with van der Waals surface area (Å²) >= 11 is 3.21. The Balaban J connectivity index is 2.96. The Morgan fingerprint density at radius 1 is 1.58 bits per heavy atom. The molecule has 0 aromatic heterocycles. The van der Waals surface area contributed by atoms with Crippen molar-refractivity contribution >= 4 is 15.9 Å². The normalized spacial score (nSPS) is 12.9. The molecule has 0 amide bonds. The SMILES string of the molecule is CC[C@@H](N)c1ccc(Br)c(O)c1. The second-order valence-electron chi connectivity index (χ2n) is 2.73. The molecule has 0 unspecified atom stereocenters. The summed E-state index contributed by atoms with van der Waals surface area (Å²) < 4.78 is 0.703. The number of hydrogen-bond acceptors (Lipinski definition) is 2. The van der Waals surface area contributed by atoms with E-state index in [9.17, 15) is 5.11 Å². The molecule has 0 bridgehead atoms. The van der Waals surface area contributed by atoms with E-state index in [1.54, 1.807) is 12.1 Å². The van der Waals surface area contributed by atoms with Crippen molar-refractivity contribution in [2.75, 3.05) is 0 Å². The number of hydrogen-bond donors (Lipinski definition) is 2. The van der Waals surface area contributed by atoms with E-state index in [0.29, 0.717) is 4.47 Å². The van der Waals surface area contributed by atoms with Gasteiger partial charge in [0, 0.05) is 6.04 Å². The van der Waals surface area contributed by atoms with Crippen LogP contribution in [0.4, 0.5) is 0 Å². The summed E-state index contributed by atoms with van der Waals surface area (Å²) in [5, 5.41) is 9.34. The summed E-state index contributed by atoms with van der Waals surface area (Å²) in [5.41, 5.74) is 6.76. The Morgan fingerprint density at radius 3 is 2.75 bits per heavy atom. The first kappa shape index (κ1) is 9.55. The number of nitrogens with two attached hydrogens (primary N) is 1. The molecule has 2 nitrogen and oxygen atoms in total. The molecular weight excluding hydrogens is 218 g/mol. The fraction of sp³-hybridized carbons (Fsp3) is 0.333. The largest absolute Gasteiger partial charge is 0.507 e. The maximum absolute atomic E-state index is 9.34. The summed E-state index contributed by atoms with van der Waals surface area (Å²) in [5.74, 6) is 0.247. The average Bonchev–Trinajstić information content (AvgIpc) is 2.08. The fourth-order valence-corrected chi connectivity index (χ4v) is 1.24. The van der Waals surface area contributed by atoms with Crippen molar-refractivity contribution in [1.29, 1.82) is 0 Å². The molecule has 0 fully saturated rings. The highest BCUT2D eigenvalue weighted by atomic mass is 79.9. The van der Waals surface area contributed by atoms with Gasteiger partial charge in [0.2, 0.25) is 0 Å². The summed E-state index contributed by atoms with van der Waals surface area (Å²) in [4.78, 5) is 0. The smallest absolute Gasteiger partial charge is 0.130 e. The molecule has 0 radical (unpaired) electrons. The number of phenolic OH excluding ortho intramolecular Hbond substituents is 1. The van der Waals surface area contributed by atoms with Gasteiger partial charge < -0.3 is 10.8 Å². The molecule has 3 heteroatoms. The Labute approximate surface area is 80.5 Å². The van der Waals surface area contributed by atoms with Crippen LogP contribution < -0.4 is 5.73 Å². The van der Waals surface area contributed by atoms with Crippen molar-refractivity contribution in [3.05, 3.63) is 28.2 Å². The lowest BCUT2D eigenvalue weighted by Crippen LogP contribution is -2.08. The molecule has 66 valence electrons. The van der Waals surface area contributed by atoms with Gasteiger partial charge in [-0.2, -0.15) is 0 Å². The van der Waals surface area contributed by atoms with Crippen molar-refractivity contribution in [2.24, 2.45) is 5.73 Å². The van der Waals surface area contributed by atoms with Crippen LogP contribution in [0, 0.1) is 0 Å². The first-order valence-corrected chi connectivity index (χ1v) is 4.68. The fourth-order valence-electron chi connectivity index (χ4n) is 0.996. The number of aromatic hydroxyl groups is 1. The molecule has 0 heterocycles. The lowest BCUT2D eigenvalue weighted by atomic mass is 10.1. The van der Waals surface area contributed by atoms with Crippen LogP contribution >= 0.6 is 15.9 Å². The van der Waals surface area contributed by atoms with E-state index < -0.39 is 0 Å². The molecule has 1 rings (SSSR count). The van der Waals surface area contributed by atoms with Gasteiger partial charge in [-0.25, -0.2) is 0 Å². The molecule has 1 aromatic carbocycles. The van der Waals surface area contributed by atoms with E-state index in [4.69, 9.17) is 5.73 Å². The molecule has 0 spiro atoms. The van der Waals surface area contributed by atoms with Crippen LogP contribution in [0.25, 0.3) is 0 Å². The minimum absolute atomic E-state index is 0.0176. The minimum Gasteiger partial charge on any atom is -0.507 e. The molecule has 1 aromatic rings. The van der Waals surface area contributed by atoms with Gasteiger partial charge in [-0.05, 0) is 40.0 Å². The zero-order chi connectivity index (χ0) is 9.14. The van der Waals surface area contributed by atoms with Crippen LogP contribution in [0.5, 0.6) is 5.75 Å². The average molecular weight is 230 g/mol.